The van der Waals surface area contributed by atoms with Crippen LogP contribution in [-0.4, -0.2) is 25.0 Å². The second-order valence-corrected chi connectivity index (χ2v) is 5.61. The van der Waals surface area contributed by atoms with Crippen molar-refractivity contribution in [1.29, 1.82) is 0 Å². The van der Waals surface area contributed by atoms with E-state index in [9.17, 15) is 9.59 Å². The monoisotopic (exact) mass is 314 g/mol. The first-order valence-corrected chi connectivity index (χ1v) is 7.65. The summed E-state index contributed by atoms with van der Waals surface area (Å²) in [7, 11) is 1.32. The third-order valence-electron chi connectivity index (χ3n) is 4.16. The fraction of sp³-hybridized carbons (Fsp3) is 0.333. The highest BCUT2D eigenvalue weighted by Crippen LogP contribution is 2.24. The molecule has 1 unspecified atom stereocenters. The highest BCUT2D eigenvalue weighted by Gasteiger charge is 2.27. The van der Waals surface area contributed by atoms with E-state index >= 15 is 0 Å². The van der Waals surface area contributed by atoms with Crippen LogP contribution in [0.2, 0.25) is 0 Å². The number of nitrogens with two attached hydrogens (primary N) is 1. The number of benzene rings is 2. The third kappa shape index (κ3) is 3.44. The molecule has 2 aromatic carbocycles. The number of rotatable bonds is 5. The number of methoxy groups -OCH3 is 1. The average molecular weight is 314 g/mol. The van der Waals surface area contributed by atoms with E-state index < -0.39 is 12.0 Å². The third-order valence-corrected chi connectivity index (χ3v) is 4.16. The molecule has 0 saturated carbocycles. The van der Waals surface area contributed by atoms with E-state index in [-0.39, 0.29) is 11.8 Å². The number of amides is 1. The predicted octanol–water partition coefficient (Wildman–Crippen LogP) is 2.74. The number of carbonyl (C=O) groups is 2. The van der Waals surface area contributed by atoms with Gasteiger partial charge in [-0.1, -0.05) is 44.5 Å². The van der Waals surface area contributed by atoms with Crippen molar-refractivity contribution in [2.75, 3.05) is 12.8 Å². The van der Waals surface area contributed by atoms with Gasteiger partial charge in [0.05, 0.1) is 7.11 Å². The Labute approximate surface area is 135 Å². The number of anilines is 1. The van der Waals surface area contributed by atoms with Crippen LogP contribution in [-0.2, 0) is 9.53 Å². The SMILES string of the molecule is CCC(C)[C@H](NC(=O)c1ccc(N)c2ccccc12)C(=O)OC. The van der Waals surface area contributed by atoms with E-state index in [1.54, 1.807) is 12.1 Å². The van der Waals surface area contributed by atoms with Gasteiger partial charge in [-0.25, -0.2) is 4.79 Å². The van der Waals surface area contributed by atoms with Crippen molar-refractivity contribution < 1.29 is 14.3 Å². The lowest BCUT2D eigenvalue weighted by molar-refractivity contribution is -0.144. The van der Waals surface area contributed by atoms with Crippen LogP contribution in [0.1, 0.15) is 30.6 Å². The van der Waals surface area contributed by atoms with Crippen LogP contribution < -0.4 is 11.1 Å². The minimum atomic E-state index is -0.672. The lowest BCUT2D eigenvalue weighted by Gasteiger charge is -2.22. The van der Waals surface area contributed by atoms with Gasteiger partial charge in [0, 0.05) is 16.6 Å². The Morgan fingerprint density at radius 3 is 2.43 bits per heavy atom. The minimum Gasteiger partial charge on any atom is -0.467 e. The van der Waals surface area contributed by atoms with E-state index in [2.05, 4.69) is 5.32 Å². The first-order valence-electron chi connectivity index (χ1n) is 7.65. The van der Waals surface area contributed by atoms with Crippen LogP contribution in [0.4, 0.5) is 5.69 Å². The number of ether oxygens (including phenoxy) is 1. The molecule has 1 amide bonds. The largest absolute Gasteiger partial charge is 0.467 e. The molecule has 0 radical (unpaired) electrons. The molecule has 0 spiro atoms. The summed E-state index contributed by atoms with van der Waals surface area (Å²) in [6.45, 7) is 3.87. The number of esters is 1. The Balaban J connectivity index is 2.37. The number of nitrogens with one attached hydrogen (secondary N) is 1. The smallest absolute Gasteiger partial charge is 0.328 e. The summed E-state index contributed by atoms with van der Waals surface area (Å²) in [5, 5.41) is 4.37. The van der Waals surface area contributed by atoms with Gasteiger partial charge in [0.2, 0.25) is 0 Å². The molecule has 23 heavy (non-hydrogen) atoms. The molecule has 122 valence electrons. The van der Waals surface area contributed by atoms with Gasteiger partial charge in [-0.15, -0.1) is 0 Å². The molecule has 2 aromatic rings. The zero-order valence-corrected chi connectivity index (χ0v) is 13.6. The molecule has 2 rings (SSSR count). The van der Waals surface area contributed by atoms with Crippen LogP contribution >= 0.6 is 0 Å². The fourth-order valence-electron chi connectivity index (χ4n) is 2.54. The van der Waals surface area contributed by atoms with E-state index in [1.165, 1.54) is 7.11 Å². The molecule has 3 N–H and O–H groups in total. The van der Waals surface area contributed by atoms with Crippen LogP contribution in [0.3, 0.4) is 0 Å². The van der Waals surface area contributed by atoms with Crippen molar-refractivity contribution in [3.05, 3.63) is 42.0 Å². The molecule has 0 saturated heterocycles. The summed E-state index contributed by atoms with van der Waals surface area (Å²) >= 11 is 0. The normalized spacial score (nSPS) is 13.3. The number of hydrogen-bond donors (Lipinski definition) is 2. The predicted molar refractivity (Wildman–Crippen MR) is 91.1 cm³/mol. The zero-order chi connectivity index (χ0) is 17.0. The highest BCUT2D eigenvalue weighted by molar-refractivity contribution is 6.10. The Morgan fingerprint density at radius 2 is 1.83 bits per heavy atom. The molecule has 5 nitrogen and oxygen atoms in total. The van der Waals surface area contributed by atoms with Gasteiger partial charge < -0.3 is 15.8 Å². The summed E-state index contributed by atoms with van der Waals surface area (Å²) in [5.74, 6) is -0.768. The molecule has 0 aliphatic carbocycles. The zero-order valence-electron chi connectivity index (χ0n) is 13.6. The first-order chi connectivity index (χ1) is 11.0. The van der Waals surface area contributed by atoms with Gasteiger partial charge in [-0.2, -0.15) is 0 Å². The fourth-order valence-corrected chi connectivity index (χ4v) is 2.54. The molecule has 5 heteroatoms. The molecule has 0 aliphatic rings. The van der Waals surface area contributed by atoms with Crippen molar-refractivity contribution >= 4 is 28.3 Å². The van der Waals surface area contributed by atoms with Gasteiger partial charge in [-0.05, 0) is 23.4 Å². The van der Waals surface area contributed by atoms with Gasteiger partial charge in [0.25, 0.3) is 5.91 Å². The van der Waals surface area contributed by atoms with Crippen molar-refractivity contribution in [1.82, 2.24) is 5.32 Å². The van der Waals surface area contributed by atoms with Crippen molar-refractivity contribution in [2.24, 2.45) is 5.92 Å². The number of fused-ring (bicyclic) bond motifs is 1. The first kappa shape index (κ1) is 16.8. The summed E-state index contributed by atoms with van der Waals surface area (Å²) in [6, 6.07) is 10.1. The number of nitrogen functional groups attached to an aromatic ring is 1. The molecule has 0 heterocycles. The van der Waals surface area contributed by atoms with Crippen LogP contribution in [0.5, 0.6) is 0 Å². The topological polar surface area (TPSA) is 81.4 Å². The van der Waals surface area contributed by atoms with Gasteiger partial charge in [-0.3, -0.25) is 4.79 Å². The van der Waals surface area contributed by atoms with Crippen molar-refractivity contribution in [3.8, 4) is 0 Å². The Morgan fingerprint density at radius 1 is 1.17 bits per heavy atom. The molecular weight excluding hydrogens is 292 g/mol. The van der Waals surface area contributed by atoms with Gasteiger partial charge >= 0.3 is 5.97 Å². The Bertz CT molecular complexity index is 727. The molecule has 0 aromatic heterocycles. The molecule has 0 aliphatic heterocycles. The molecule has 2 atom stereocenters. The minimum absolute atomic E-state index is 0.0218. The van der Waals surface area contributed by atoms with E-state index in [4.69, 9.17) is 10.5 Å². The Hall–Kier alpha value is -2.56. The van der Waals surface area contributed by atoms with E-state index in [0.717, 1.165) is 17.2 Å². The van der Waals surface area contributed by atoms with Gasteiger partial charge in [0.1, 0.15) is 6.04 Å². The van der Waals surface area contributed by atoms with Crippen LogP contribution in [0, 0.1) is 5.92 Å². The quantitative estimate of drug-likeness (QED) is 0.657. The lowest BCUT2D eigenvalue weighted by atomic mass is 9.97. The number of hydrogen-bond acceptors (Lipinski definition) is 4. The second kappa shape index (κ2) is 7.13. The highest BCUT2D eigenvalue weighted by atomic mass is 16.5. The molecular formula is C18H22N2O3. The molecule has 0 bridgehead atoms. The summed E-state index contributed by atoms with van der Waals surface area (Å²) in [6.07, 6.45) is 0.753. The maximum atomic E-state index is 12.7. The van der Waals surface area contributed by atoms with Crippen LogP contribution in [0.15, 0.2) is 36.4 Å². The maximum absolute atomic E-state index is 12.7. The summed E-state index contributed by atoms with van der Waals surface area (Å²) in [5.41, 5.74) is 7.07. The van der Waals surface area contributed by atoms with Gasteiger partial charge in [0.15, 0.2) is 0 Å². The standard InChI is InChI=1S/C18H22N2O3/c1-4-11(2)16(18(22)23-3)20-17(21)14-9-10-15(19)13-8-6-5-7-12(13)14/h5-11,16H,4,19H2,1-3H3,(H,20,21)/t11?,16-/m0/s1. The summed E-state index contributed by atoms with van der Waals surface area (Å²) in [4.78, 5) is 24.6. The van der Waals surface area contributed by atoms with Crippen LogP contribution in [0.25, 0.3) is 10.8 Å². The maximum Gasteiger partial charge on any atom is 0.328 e. The van der Waals surface area contributed by atoms with Crippen molar-refractivity contribution in [2.45, 2.75) is 26.3 Å². The molecule has 0 fully saturated rings. The summed E-state index contributed by atoms with van der Waals surface area (Å²) < 4.78 is 4.81. The second-order valence-electron chi connectivity index (χ2n) is 5.61. The van der Waals surface area contributed by atoms with Crippen molar-refractivity contribution in [3.63, 3.8) is 0 Å². The Kier molecular flexibility index (Phi) is 5.21. The average Bonchev–Trinajstić information content (AvgIpc) is 2.58. The number of carbonyl (C=O) groups excluding carboxylic acids is 2. The van der Waals surface area contributed by atoms with E-state index in [1.807, 2.05) is 38.1 Å². The van der Waals surface area contributed by atoms with E-state index in [0.29, 0.717) is 11.3 Å². The lowest BCUT2D eigenvalue weighted by Crippen LogP contribution is -2.45.